The van der Waals surface area contributed by atoms with E-state index in [9.17, 15) is 4.79 Å². The predicted octanol–water partition coefficient (Wildman–Crippen LogP) is 1.87. The van der Waals surface area contributed by atoms with Gasteiger partial charge in [0.15, 0.2) is 0 Å². The molecule has 2 rings (SSSR count). The van der Waals surface area contributed by atoms with E-state index >= 15 is 0 Å². The lowest BCUT2D eigenvalue weighted by atomic mass is 9.84. The van der Waals surface area contributed by atoms with Crippen LogP contribution in [0.3, 0.4) is 0 Å². The maximum absolute atomic E-state index is 11.7. The zero-order valence-electron chi connectivity index (χ0n) is 8.12. The van der Waals surface area contributed by atoms with E-state index < -0.39 is 0 Å². The minimum Gasteiger partial charge on any atom is -0.353 e. The molecule has 13 heavy (non-hydrogen) atoms. The largest absolute Gasteiger partial charge is 0.353 e. The highest BCUT2D eigenvalue weighted by Gasteiger charge is 2.30. The summed E-state index contributed by atoms with van der Waals surface area (Å²) in [4.78, 5) is 11.7. The molecule has 0 aromatic rings. The van der Waals surface area contributed by atoms with Crippen LogP contribution in [0.1, 0.15) is 32.6 Å². The average Bonchev–Trinajstić information content (AvgIpc) is 2.89. The highest BCUT2D eigenvalue weighted by atomic mass is 16.2. The van der Waals surface area contributed by atoms with Crippen molar-refractivity contribution in [1.29, 1.82) is 0 Å². The van der Waals surface area contributed by atoms with Gasteiger partial charge in [0, 0.05) is 12.0 Å². The van der Waals surface area contributed by atoms with Gasteiger partial charge in [0.1, 0.15) is 0 Å². The molecule has 72 valence electrons. The first kappa shape index (κ1) is 8.79. The third-order valence-corrected chi connectivity index (χ3v) is 3.01. The molecule has 0 aliphatic heterocycles. The fraction of sp³-hybridized carbons (Fsp3) is 0.727. The lowest BCUT2D eigenvalue weighted by Gasteiger charge is -2.24. The van der Waals surface area contributed by atoms with E-state index in [4.69, 9.17) is 0 Å². The van der Waals surface area contributed by atoms with Crippen LogP contribution in [0.4, 0.5) is 0 Å². The lowest BCUT2D eigenvalue weighted by molar-refractivity contribution is -0.126. The Morgan fingerprint density at radius 2 is 2.00 bits per heavy atom. The predicted molar refractivity (Wildman–Crippen MR) is 52.2 cm³/mol. The summed E-state index contributed by atoms with van der Waals surface area (Å²) in [6, 6.07) is 0.505. The Morgan fingerprint density at radius 3 is 2.62 bits per heavy atom. The van der Waals surface area contributed by atoms with E-state index in [0.29, 0.717) is 12.0 Å². The molecule has 2 atom stereocenters. The van der Waals surface area contributed by atoms with Crippen molar-refractivity contribution in [3.05, 3.63) is 12.2 Å². The van der Waals surface area contributed by atoms with Crippen LogP contribution in [-0.4, -0.2) is 11.9 Å². The molecule has 0 unspecified atom stereocenters. The van der Waals surface area contributed by atoms with Crippen LogP contribution in [0.5, 0.6) is 0 Å². The Bertz CT molecular complexity index is 230. The zero-order chi connectivity index (χ0) is 9.26. The van der Waals surface area contributed by atoms with Crippen LogP contribution < -0.4 is 5.32 Å². The topological polar surface area (TPSA) is 29.1 Å². The van der Waals surface area contributed by atoms with Crippen LogP contribution in [0, 0.1) is 11.8 Å². The second kappa shape index (κ2) is 3.52. The van der Waals surface area contributed by atoms with E-state index in [1.54, 1.807) is 0 Å². The fourth-order valence-corrected chi connectivity index (χ4v) is 1.85. The van der Waals surface area contributed by atoms with Crippen molar-refractivity contribution < 1.29 is 4.79 Å². The van der Waals surface area contributed by atoms with Crippen LogP contribution in [0.25, 0.3) is 0 Å². The normalized spacial score (nSPS) is 33.0. The number of carbonyl (C=O) groups is 1. The summed E-state index contributed by atoms with van der Waals surface area (Å²) >= 11 is 0. The van der Waals surface area contributed by atoms with Crippen LogP contribution >= 0.6 is 0 Å². The molecule has 2 aliphatic rings. The number of allylic oxidation sites excluding steroid dienone is 2. The van der Waals surface area contributed by atoms with Gasteiger partial charge >= 0.3 is 0 Å². The Morgan fingerprint density at radius 1 is 1.31 bits per heavy atom. The summed E-state index contributed by atoms with van der Waals surface area (Å²) in [5, 5.41) is 3.08. The molecular formula is C11H17NO. The number of hydrogen-bond acceptors (Lipinski definition) is 1. The van der Waals surface area contributed by atoms with Crippen molar-refractivity contribution in [2.75, 3.05) is 0 Å². The monoisotopic (exact) mass is 179 g/mol. The molecule has 0 bridgehead atoms. The molecule has 0 aromatic carbocycles. The Kier molecular flexibility index (Phi) is 2.38. The molecule has 0 heterocycles. The number of rotatable bonds is 2. The maximum Gasteiger partial charge on any atom is 0.223 e. The average molecular weight is 179 g/mol. The number of carbonyl (C=O) groups excluding carboxylic acids is 1. The SMILES string of the molecule is C[C@@H]1CC=CC[C@H]1C(=O)NC1CC1. The first-order valence-electron chi connectivity index (χ1n) is 5.22. The Labute approximate surface area is 79.4 Å². The summed E-state index contributed by atoms with van der Waals surface area (Å²) in [5.74, 6) is 1.02. The van der Waals surface area contributed by atoms with Gasteiger partial charge in [0.05, 0.1) is 0 Å². The Balaban J connectivity index is 1.89. The molecule has 1 saturated carbocycles. The zero-order valence-corrected chi connectivity index (χ0v) is 8.12. The molecular weight excluding hydrogens is 162 g/mol. The van der Waals surface area contributed by atoms with Gasteiger partial charge in [0.25, 0.3) is 0 Å². The summed E-state index contributed by atoms with van der Waals surface area (Å²) in [5.41, 5.74) is 0. The summed E-state index contributed by atoms with van der Waals surface area (Å²) in [7, 11) is 0. The summed E-state index contributed by atoms with van der Waals surface area (Å²) in [6.07, 6.45) is 8.68. The van der Waals surface area contributed by atoms with Crippen molar-refractivity contribution in [2.45, 2.75) is 38.6 Å². The van der Waals surface area contributed by atoms with Crippen LogP contribution in [0.15, 0.2) is 12.2 Å². The molecule has 2 nitrogen and oxygen atoms in total. The van der Waals surface area contributed by atoms with E-state index in [2.05, 4.69) is 24.4 Å². The van der Waals surface area contributed by atoms with Crippen molar-refractivity contribution in [3.63, 3.8) is 0 Å². The highest BCUT2D eigenvalue weighted by Crippen LogP contribution is 2.27. The number of hydrogen-bond donors (Lipinski definition) is 1. The second-order valence-corrected chi connectivity index (χ2v) is 4.31. The van der Waals surface area contributed by atoms with Gasteiger partial charge in [0.2, 0.25) is 5.91 Å². The second-order valence-electron chi connectivity index (χ2n) is 4.31. The van der Waals surface area contributed by atoms with Gasteiger partial charge in [-0.1, -0.05) is 19.1 Å². The molecule has 0 radical (unpaired) electrons. The third kappa shape index (κ3) is 2.11. The van der Waals surface area contributed by atoms with Gasteiger partial charge in [-0.2, -0.15) is 0 Å². The molecule has 0 saturated heterocycles. The molecule has 1 amide bonds. The summed E-state index contributed by atoms with van der Waals surface area (Å²) < 4.78 is 0. The number of amides is 1. The Hall–Kier alpha value is -0.790. The quantitative estimate of drug-likeness (QED) is 0.644. The van der Waals surface area contributed by atoms with Gasteiger partial charge in [-0.3, -0.25) is 4.79 Å². The minimum absolute atomic E-state index is 0.227. The minimum atomic E-state index is 0.227. The molecule has 0 aromatic heterocycles. The fourth-order valence-electron chi connectivity index (χ4n) is 1.85. The van der Waals surface area contributed by atoms with Gasteiger partial charge in [-0.25, -0.2) is 0 Å². The summed E-state index contributed by atoms with van der Waals surface area (Å²) in [6.45, 7) is 2.17. The molecule has 2 heteroatoms. The molecule has 0 spiro atoms. The van der Waals surface area contributed by atoms with E-state index in [-0.39, 0.29) is 11.8 Å². The molecule has 2 aliphatic carbocycles. The maximum atomic E-state index is 11.7. The molecule has 1 fully saturated rings. The van der Waals surface area contributed by atoms with Crippen molar-refractivity contribution in [3.8, 4) is 0 Å². The lowest BCUT2D eigenvalue weighted by Crippen LogP contribution is -2.36. The van der Waals surface area contributed by atoms with Crippen LogP contribution in [-0.2, 0) is 4.79 Å². The first-order chi connectivity index (χ1) is 6.27. The highest BCUT2D eigenvalue weighted by molar-refractivity contribution is 5.79. The first-order valence-corrected chi connectivity index (χ1v) is 5.22. The third-order valence-electron chi connectivity index (χ3n) is 3.01. The van der Waals surface area contributed by atoms with Gasteiger partial charge < -0.3 is 5.32 Å². The van der Waals surface area contributed by atoms with Crippen LogP contribution in [0.2, 0.25) is 0 Å². The van der Waals surface area contributed by atoms with E-state index in [0.717, 1.165) is 12.8 Å². The van der Waals surface area contributed by atoms with Crippen molar-refractivity contribution in [2.24, 2.45) is 11.8 Å². The smallest absolute Gasteiger partial charge is 0.223 e. The van der Waals surface area contributed by atoms with Gasteiger partial charge in [-0.15, -0.1) is 0 Å². The standard InChI is InChI=1S/C11H17NO/c1-8-4-2-3-5-10(8)11(13)12-9-6-7-9/h2-3,8-10H,4-7H2,1H3,(H,12,13)/t8-,10-/m1/s1. The molecule has 1 N–H and O–H groups in total. The van der Waals surface area contributed by atoms with E-state index in [1.165, 1.54) is 12.8 Å². The van der Waals surface area contributed by atoms with Crippen molar-refractivity contribution in [1.82, 2.24) is 5.32 Å². The van der Waals surface area contributed by atoms with Crippen molar-refractivity contribution >= 4 is 5.91 Å². The van der Waals surface area contributed by atoms with Gasteiger partial charge in [-0.05, 0) is 31.6 Å². The number of nitrogens with one attached hydrogen (secondary N) is 1. The van der Waals surface area contributed by atoms with E-state index in [1.807, 2.05) is 0 Å².